The third-order valence-electron chi connectivity index (χ3n) is 2.28. The molecule has 1 aromatic heterocycles. The number of aromatic nitrogens is 1. The standard InChI is InChI=1S/C10H7BN/c1-2-5-9-8(4-1)11-10-6-3-7-12(9)10/h1-7H. The van der Waals surface area contributed by atoms with Crippen molar-refractivity contribution < 1.29 is 0 Å². The molecule has 1 aromatic carbocycles. The predicted molar refractivity (Wildman–Crippen MR) is 50.8 cm³/mol. The number of hydrogen-bond acceptors (Lipinski definition) is 0. The van der Waals surface area contributed by atoms with Crippen LogP contribution in [0.2, 0.25) is 0 Å². The van der Waals surface area contributed by atoms with Gasteiger partial charge in [0.2, 0.25) is 7.28 Å². The van der Waals surface area contributed by atoms with E-state index in [4.69, 9.17) is 0 Å². The molecule has 1 radical (unpaired) electrons. The Bertz CT molecular complexity index is 431. The zero-order valence-electron chi connectivity index (χ0n) is 6.57. The molecule has 0 aliphatic carbocycles. The Morgan fingerprint density at radius 3 is 2.92 bits per heavy atom. The Morgan fingerprint density at radius 2 is 1.92 bits per heavy atom. The highest BCUT2D eigenvalue weighted by molar-refractivity contribution is 6.69. The third-order valence-corrected chi connectivity index (χ3v) is 2.28. The minimum absolute atomic E-state index is 1.27. The van der Waals surface area contributed by atoms with Crippen molar-refractivity contribution in [3.63, 3.8) is 0 Å². The molecule has 0 bridgehead atoms. The maximum Gasteiger partial charge on any atom is 0.217 e. The molecule has 0 amide bonds. The van der Waals surface area contributed by atoms with Crippen molar-refractivity contribution in [1.29, 1.82) is 0 Å². The van der Waals surface area contributed by atoms with Crippen molar-refractivity contribution in [2.24, 2.45) is 0 Å². The van der Waals surface area contributed by atoms with Crippen LogP contribution in [0.15, 0.2) is 42.6 Å². The lowest BCUT2D eigenvalue weighted by atomic mass is 9.69. The van der Waals surface area contributed by atoms with Crippen LogP contribution in [0, 0.1) is 0 Å². The first kappa shape index (κ1) is 6.12. The lowest BCUT2D eigenvalue weighted by Crippen LogP contribution is -2.20. The number of hydrogen-bond donors (Lipinski definition) is 0. The van der Waals surface area contributed by atoms with E-state index in [9.17, 15) is 0 Å². The van der Waals surface area contributed by atoms with E-state index < -0.39 is 0 Å². The third kappa shape index (κ3) is 0.645. The topological polar surface area (TPSA) is 4.93 Å². The smallest absolute Gasteiger partial charge is 0.217 e. The minimum Gasteiger partial charge on any atom is -0.331 e. The molecule has 0 unspecified atom stereocenters. The van der Waals surface area contributed by atoms with Gasteiger partial charge in [-0.05, 0) is 17.7 Å². The van der Waals surface area contributed by atoms with Gasteiger partial charge in [0.05, 0.1) is 0 Å². The molecule has 0 saturated carbocycles. The van der Waals surface area contributed by atoms with Gasteiger partial charge in [0.15, 0.2) is 0 Å². The first-order chi connectivity index (χ1) is 5.95. The maximum atomic E-state index is 2.20. The van der Waals surface area contributed by atoms with Gasteiger partial charge in [0, 0.05) is 11.9 Å². The fourth-order valence-electron chi connectivity index (χ4n) is 1.72. The molecule has 12 heavy (non-hydrogen) atoms. The van der Waals surface area contributed by atoms with Crippen LogP contribution >= 0.6 is 0 Å². The van der Waals surface area contributed by atoms with Gasteiger partial charge in [-0.3, -0.25) is 0 Å². The van der Waals surface area contributed by atoms with Crippen molar-refractivity contribution in [1.82, 2.24) is 4.57 Å². The quantitative estimate of drug-likeness (QED) is 0.412. The summed E-state index contributed by atoms with van der Waals surface area (Å²) in [5.74, 6) is 0. The van der Waals surface area contributed by atoms with Gasteiger partial charge in [-0.2, -0.15) is 0 Å². The normalized spacial score (nSPS) is 12.0. The van der Waals surface area contributed by atoms with E-state index in [1.54, 1.807) is 0 Å². The van der Waals surface area contributed by atoms with Crippen LogP contribution < -0.4 is 11.1 Å². The Labute approximate surface area is 71.9 Å². The van der Waals surface area contributed by atoms with Crippen LogP contribution in [0.1, 0.15) is 0 Å². The van der Waals surface area contributed by atoms with E-state index in [0.29, 0.717) is 0 Å². The molecule has 0 saturated heterocycles. The van der Waals surface area contributed by atoms with Crippen molar-refractivity contribution >= 4 is 18.3 Å². The summed E-state index contributed by atoms with van der Waals surface area (Å²) in [5.41, 5.74) is 3.88. The van der Waals surface area contributed by atoms with Crippen LogP contribution in [0.25, 0.3) is 5.69 Å². The molecule has 1 aliphatic rings. The molecule has 0 atom stereocenters. The summed E-state index contributed by atoms with van der Waals surface area (Å²) in [6, 6.07) is 12.6. The Balaban J connectivity index is 2.34. The summed E-state index contributed by atoms with van der Waals surface area (Å²) < 4.78 is 2.20. The van der Waals surface area contributed by atoms with Gasteiger partial charge in [-0.15, -0.1) is 0 Å². The van der Waals surface area contributed by atoms with Crippen molar-refractivity contribution in [3.05, 3.63) is 42.6 Å². The summed E-state index contributed by atoms with van der Waals surface area (Å²) in [5, 5.41) is 0. The second kappa shape index (κ2) is 2.04. The molecule has 0 fully saturated rings. The van der Waals surface area contributed by atoms with E-state index >= 15 is 0 Å². The van der Waals surface area contributed by atoms with Crippen LogP contribution in [0.5, 0.6) is 0 Å². The number of fused-ring (bicyclic) bond motifs is 3. The SMILES string of the molecule is [B]1c2ccccc2-n2cccc21. The van der Waals surface area contributed by atoms with Gasteiger partial charge in [-0.1, -0.05) is 29.7 Å². The number of para-hydroxylation sites is 1. The molecular weight excluding hydrogens is 145 g/mol. The second-order valence-corrected chi connectivity index (χ2v) is 3.01. The Morgan fingerprint density at radius 1 is 1.00 bits per heavy atom. The van der Waals surface area contributed by atoms with E-state index in [2.05, 4.69) is 54.4 Å². The number of benzene rings is 1. The van der Waals surface area contributed by atoms with Gasteiger partial charge in [-0.25, -0.2) is 0 Å². The van der Waals surface area contributed by atoms with E-state index in [1.807, 2.05) is 0 Å². The van der Waals surface area contributed by atoms with Gasteiger partial charge in [0.1, 0.15) is 0 Å². The lowest BCUT2D eigenvalue weighted by molar-refractivity contribution is 1.14. The molecule has 55 valence electrons. The molecule has 0 spiro atoms. The Kier molecular flexibility index (Phi) is 1.04. The molecule has 2 heterocycles. The maximum absolute atomic E-state index is 2.20. The average Bonchev–Trinajstić information content (AvgIpc) is 2.62. The number of rotatable bonds is 0. The fourth-order valence-corrected chi connectivity index (χ4v) is 1.72. The zero-order valence-corrected chi connectivity index (χ0v) is 6.57. The predicted octanol–water partition coefficient (Wildman–Crippen LogP) is 0.446. The monoisotopic (exact) mass is 152 g/mol. The van der Waals surface area contributed by atoms with Gasteiger partial charge in [0.25, 0.3) is 0 Å². The van der Waals surface area contributed by atoms with Crippen LogP contribution in [0.4, 0.5) is 0 Å². The molecular formula is C10H7BN. The molecule has 2 heteroatoms. The highest BCUT2D eigenvalue weighted by atomic mass is 15.0. The van der Waals surface area contributed by atoms with Crippen molar-refractivity contribution in [3.8, 4) is 5.69 Å². The lowest BCUT2D eigenvalue weighted by Gasteiger charge is -2.00. The van der Waals surface area contributed by atoms with Crippen LogP contribution in [-0.4, -0.2) is 11.8 Å². The first-order valence-electron chi connectivity index (χ1n) is 4.07. The highest BCUT2D eigenvalue weighted by Gasteiger charge is 2.16. The first-order valence-corrected chi connectivity index (χ1v) is 4.07. The van der Waals surface area contributed by atoms with E-state index in [-0.39, 0.29) is 0 Å². The molecule has 3 rings (SSSR count). The summed E-state index contributed by atoms with van der Waals surface area (Å²) in [7, 11) is 2.20. The largest absolute Gasteiger partial charge is 0.331 e. The van der Waals surface area contributed by atoms with Crippen LogP contribution in [0.3, 0.4) is 0 Å². The fraction of sp³-hybridized carbons (Fsp3) is 0. The molecule has 1 aliphatic heterocycles. The second-order valence-electron chi connectivity index (χ2n) is 3.01. The Hall–Kier alpha value is -1.44. The molecule has 0 N–H and O–H groups in total. The minimum atomic E-state index is 1.27. The summed E-state index contributed by atoms with van der Waals surface area (Å²) in [6.07, 6.45) is 2.09. The average molecular weight is 152 g/mol. The van der Waals surface area contributed by atoms with Crippen LogP contribution in [-0.2, 0) is 0 Å². The molecule has 1 nitrogen and oxygen atoms in total. The summed E-state index contributed by atoms with van der Waals surface area (Å²) >= 11 is 0. The summed E-state index contributed by atoms with van der Waals surface area (Å²) in [6.45, 7) is 0. The highest BCUT2D eigenvalue weighted by Crippen LogP contribution is 2.07. The zero-order chi connectivity index (χ0) is 7.97. The van der Waals surface area contributed by atoms with Gasteiger partial charge >= 0.3 is 0 Å². The number of nitrogens with zero attached hydrogens (tertiary/aromatic N) is 1. The van der Waals surface area contributed by atoms with E-state index in [0.717, 1.165) is 0 Å². The molecule has 2 aromatic rings. The van der Waals surface area contributed by atoms with Crippen molar-refractivity contribution in [2.75, 3.05) is 0 Å². The van der Waals surface area contributed by atoms with E-state index in [1.165, 1.54) is 16.7 Å². The van der Waals surface area contributed by atoms with Gasteiger partial charge < -0.3 is 4.57 Å². The summed E-state index contributed by atoms with van der Waals surface area (Å²) in [4.78, 5) is 0. The van der Waals surface area contributed by atoms with Crippen molar-refractivity contribution in [2.45, 2.75) is 0 Å².